The number of carbonyl (C=O) groups excluding carboxylic acids is 4. The molecule has 2 unspecified atom stereocenters. The van der Waals surface area contributed by atoms with Crippen LogP contribution >= 0.6 is 0 Å². The van der Waals surface area contributed by atoms with Crippen LogP contribution in [0.2, 0.25) is 0 Å². The van der Waals surface area contributed by atoms with Gasteiger partial charge in [-0.25, -0.2) is 0 Å². The molecule has 0 aromatic heterocycles. The first-order valence-corrected chi connectivity index (χ1v) is 13.5. The lowest BCUT2D eigenvalue weighted by Gasteiger charge is -2.36. The number of hydrogen-bond donors (Lipinski definition) is 2. The van der Waals surface area contributed by atoms with E-state index in [1.54, 1.807) is 4.90 Å². The summed E-state index contributed by atoms with van der Waals surface area (Å²) in [6, 6.07) is 13.0. The van der Waals surface area contributed by atoms with E-state index in [1.165, 1.54) is 0 Å². The molecule has 2 N–H and O–H groups in total. The first kappa shape index (κ1) is 28.1. The highest BCUT2D eigenvalue weighted by atomic mass is 16.5. The van der Waals surface area contributed by atoms with Crippen molar-refractivity contribution in [3.63, 3.8) is 0 Å². The molecular weight excluding hydrogens is 498 g/mol. The fourth-order valence-electron chi connectivity index (χ4n) is 5.21. The molecule has 10 heteroatoms. The molecule has 1 fully saturated rings. The highest BCUT2D eigenvalue weighted by Gasteiger charge is 2.36. The third-order valence-electron chi connectivity index (χ3n) is 7.47. The van der Waals surface area contributed by atoms with Gasteiger partial charge in [-0.1, -0.05) is 25.5 Å². The first-order valence-electron chi connectivity index (χ1n) is 13.5. The van der Waals surface area contributed by atoms with E-state index in [4.69, 9.17) is 4.74 Å². The zero-order valence-electron chi connectivity index (χ0n) is 22.6. The summed E-state index contributed by atoms with van der Waals surface area (Å²) in [5, 5.41) is 4.95. The highest BCUT2D eigenvalue weighted by molar-refractivity contribution is 6.02. The monoisotopic (exact) mass is 535 g/mol. The molecule has 10 nitrogen and oxygen atoms in total. The van der Waals surface area contributed by atoms with Gasteiger partial charge in [0.15, 0.2) is 0 Å². The Morgan fingerprint density at radius 1 is 1.05 bits per heavy atom. The van der Waals surface area contributed by atoms with Gasteiger partial charge in [-0.2, -0.15) is 0 Å². The van der Waals surface area contributed by atoms with Gasteiger partial charge in [0.05, 0.1) is 6.04 Å². The van der Waals surface area contributed by atoms with Crippen LogP contribution in [0.3, 0.4) is 0 Å². The van der Waals surface area contributed by atoms with Crippen molar-refractivity contribution in [3.8, 4) is 5.75 Å². The van der Waals surface area contributed by atoms with E-state index in [9.17, 15) is 19.2 Å². The lowest BCUT2D eigenvalue weighted by molar-refractivity contribution is -0.129. The minimum atomic E-state index is -0.657. The number of amides is 4. The van der Waals surface area contributed by atoms with Gasteiger partial charge < -0.3 is 19.9 Å². The molecule has 4 amide bonds. The summed E-state index contributed by atoms with van der Waals surface area (Å²) >= 11 is 0. The number of nitrogens with zero attached hydrogens (tertiary/aromatic N) is 3. The standard InChI is InChI=1S/C29H37N5O5/c1-3-4-27(28(37)31-20-36)34-18-23-17-24(7-10-26(23)29(34)38)33-13-11-32(12-14-33)15-16-39-25-8-5-22(6-9-25)21(2)30-19-35/h5-10,17,19-21,27H,3-4,11-16,18H2,1-2H3,(H,30,35)(H,31,36,37). The summed E-state index contributed by atoms with van der Waals surface area (Å²) in [6.45, 7) is 9.22. The van der Waals surface area contributed by atoms with Crippen molar-refractivity contribution < 1.29 is 23.9 Å². The molecule has 39 heavy (non-hydrogen) atoms. The van der Waals surface area contributed by atoms with Crippen molar-refractivity contribution in [2.75, 3.05) is 44.2 Å². The van der Waals surface area contributed by atoms with Crippen LogP contribution in [0.25, 0.3) is 0 Å². The molecule has 2 atom stereocenters. The van der Waals surface area contributed by atoms with E-state index < -0.39 is 11.9 Å². The molecule has 0 radical (unpaired) electrons. The van der Waals surface area contributed by atoms with E-state index in [1.807, 2.05) is 50.2 Å². The number of fused-ring (bicyclic) bond motifs is 1. The second-order valence-electron chi connectivity index (χ2n) is 9.96. The zero-order valence-corrected chi connectivity index (χ0v) is 22.6. The molecular formula is C29H37N5O5. The second kappa shape index (κ2) is 13.2. The predicted molar refractivity (Wildman–Crippen MR) is 147 cm³/mol. The Bertz CT molecular complexity index is 1160. The van der Waals surface area contributed by atoms with E-state index in [0.717, 1.165) is 61.7 Å². The van der Waals surface area contributed by atoms with Crippen molar-refractivity contribution >= 4 is 30.3 Å². The quantitative estimate of drug-likeness (QED) is 0.378. The lowest BCUT2D eigenvalue weighted by atomic mass is 10.1. The molecule has 1 saturated heterocycles. The average molecular weight is 536 g/mol. The van der Waals surface area contributed by atoms with Crippen LogP contribution in [-0.2, 0) is 20.9 Å². The zero-order chi connectivity index (χ0) is 27.8. The van der Waals surface area contributed by atoms with Crippen LogP contribution in [-0.4, -0.2) is 79.8 Å². The number of anilines is 1. The maximum Gasteiger partial charge on any atom is 0.255 e. The largest absolute Gasteiger partial charge is 0.492 e. The minimum absolute atomic E-state index is 0.0363. The summed E-state index contributed by atoms with van der Waals surface area (Å²) in [5.41, 5.74) is 3.63. The van der Waals surface area contributed by atoms with Crippen LogP contribution in [0, 0.1) is 0 Å². The average Bonchev–Trinajstić information content (AvgIpc) is 3.27. The molecule has 4 rings (SSSR count). The number of imide groups is 1. The van der Waals surface area contributed by atoms with Crippen LogP contribution in [0.15, 0.2) is 42.5 Å². The van der Waals surface area contributed by atoms with E-state index >= 15 is 0 Å². The molecule has 2 aromatic rings. The van der Waals surface area contributed by atoms with E-state index in [0.29, 0.717) is 38.0 Å². The molecule has 2 aliphatic heterocycles. The van der Waals surface area contributed by atoms with Gasteiger partial charge in [0, 0.05) is 50.5 Å². The summed E-state index contributed by atoms with van der Waals surface area (Å²) in [7, 11) is 0. The van der Waals surface area contributed by atoms with Crippen LogP contribution in [0.5, 0.6) is 5.75 Å². The number of rotatable bonds is 13. The van der Waals surface area contributed by atoms with E-state index in [2.05, 4.69) is 26.5 Å². The summed E-state index contributed by atoms with van der Waals surface area (Å²) < 4.78 is 5.92. The molecule has 0 spiro atoms. The molecule has 0 aliphatic carbocycles. The van der Waals surface area contributed by atoms with Crippen molar-refractivity contribution in [1.82, 2.24) is 20.4 Å². The molecule has 2 aliphatic rings. The Kier molecular flexibility index (Phi) is 9.54. The first-order chi connectivity index (χ1) is 18.9. The highest BCUT2D eigenvalue weighted by Crippen LogP contribution is 2.30. The van der Waals surface area contributed by atoms with Gasteiger partial charge in [-0.15, -0.1) is 0 Å². The summed E-state index contributed by atoms with van der Waals surface area (Å²) in [6.07, 6.45) is 2.30. The van der Waals surface area contributed by atoms with Gasteiger partial charge in [-0.05, 0) is 54.8 Å². The number of nitrogens with one attached hydrogen (secondary N) is 2. The Hall–Kier alpha value is -3.92. The van der Waals surface area contributed by atoms with Gasteiger partial charge in [-0.3, -0.25) is 29.4 Å². The topological polar surface area (TPSA) is 111 Å². The van der Waals surface area contributed by atoms with Crippen LogP contribution in [0.4, 0.5) is 5.69 Å². The number of piperazine rings is 1. The van der Waals surface area contributed by atoms with Gasteiger partial charge in [0.25, 0.3) is 5.91 Å². The number of ether oxygens (including phenoxy) is 1. The second-order valence-corrected chi connectivity index (χ2v) is 9.96. The molecule has 0 saturated carbocycles. The van der Waals surface area contributed by atoms with Crippen molar-refractivity contribution in [2.24, 2.45) is 0 Å². The third-order valence-corrected chi connectivity index (χ3v) is 7.47. The lowest BCUT2D eigenvalue weighted by Crippen LogP contribution is -2.47. The maximum atomic E-state index is 13.0. The minimum Gasteiger partial charge on any atom is -0.492 e. The molecule has 2 aromatic carbocycles. The Balaban J connectivity index is 1.27. The number of carbonyl (C=O) groups is 4. The molecule has 208 valence electrons. The van der Waals surface area contributed by atoms with Gasteiger partial charge >= 0.3 is 0 Å². The maximum absolute atomic E-state index is 13.0. The Morgan fingerprint density at radius 3 is 2.46 bits per heavy atom. The van der Waals surface area contributed by atoms with Gasteiger partial charge in [0.1, 0.15) is 18.4 Å². The van der Waals surface area contributed by atoms with Crippen molar-refractivity contribution in [3.05, 3.63) is 59.2 Å². The van der Waals surface area contributed by atoms with E-state index in [-0.39, 0.29) is 11.9 Å². The third kappa shape index (κ3) is 6.75. The number of hydrogen-bond acceptors (Lipinski definition) is 7. The van der Waals surface area contributed by atoms with Crippen LogP contribution in [0.1, 0.15) is 54.2 Å². The Labute approximate surface area is 229 Å². The van der Waals surface area contributed by atoms with Gasteiger partial charge in [0.2, 0.25) is 18.7 Å². The van der Waals surface area contributed by atoms with Crippen LogP contribution < -0.4 is 20.3 Å². The summed E-state index contributed by atoms with van der Waals surface area (Å²) in [4.78, 5) is 53.1. The van der Waals surface area contributed by atoms with Crippen molar-refractivity contribution in [2.45, 2.75) is 45.3 Å². The molecule has 2 heterocycles. The Morgan fingerprint density at radius 2 is 1.79 bits per heavy atom. The fourth-order valence-corrected chi connectivity index (χ4v) is 5.21. The smallest absolute Gasteiger partial charge is 0.255 e. The normalized spacial score (nSPS) is 16.8. The summed E-state index contributed by atoms with van der Waals surface area (Å²) in [5.74, 6) is 0.205. The number of benzene rings is 2. The fraction of sp³-hybridized carbons (Fsp3) is 0.448. The predicted octanol–water partition coefficient (Wildman–Crippen LogP) is 2.09. The SMILES string of the molecule is CCCC(C(=O)NC=O)N1Cc2cc(N3CCN(CCOc4ccc(C(C)NC=O)cc4)CC3)ccc2C1=O. The molecule has 0 bridgehead atoms. The van der Waals surface area contributed by atoms with Crippen molar-refractivity contribution in [1.29, 1.82) is 0 Å².